The highest BCUT2D eigenvalue weighted by Crippen LogP contribution is 2.37. The second-order valence-corrected chi connectivity index (χ2v) is 6.50. The fourth-order valence-electron chi connectivity index (χ4n) is 3.46. The van der Waals surface area contributed by atoms with Gasteiger partial charge in [0.1, 0.15) is 12.4 Å². The van der Waals surface area contributed by atoms with Crippen LogP contribution in [0.2, 0.25) is 0 Å². The average Bonchev–Trinajstić information content (AvgIpc) is 2.92. The van der Waals surface area contributed by atoms with Crippen LogP contribution in [-0.2, 0) is 16.2 Å². The summed E-state index contributed by atoms with van der Waals surface area (Å²) in [5, 5.41) is 0. The smallest absolute Gasteiger partial charge is 0.261 e. The van der Waals surface area contributed by atoms with E-state index < -0.39 is 5.82 Å². The Bertz CT molecular complexity index is 877. The molecule has 2 aromatic rings. The monoisotopic (exact) mass is 351 g/mol. The first-order valence-electron chi connectivity index (χ1n) is 8.72. The number of anilines is 1. The number of carbonyl (C=O) groups excluding carboxylic acids is 2. The number of carbonyl (C=O) groups is 2. The van der Waals surface area contributed by atoms with Crippen LogP contribution >= 0.6 is 0 Å². The summed E-state index contributed by atoms with van der Waals surface area (Å²) in [7, 11) is 0. The maximum atomic E-state index is 14.6. The second kappa shape index (κ2) is 6.75. The Labute approximate surface area is 150 Å². The molecule has 4 nitrogen and oxygen atoms in total. The van der Waals surface area contributed by atoms with Gasteiger partial charge in [0, 0.05) is 17.2 Å². The van der Waals surface area contributed by atoms with Crippen molar-refractivity contribution in [3.63, 3.8) is 0 Å². The topological polar surface area (TPSA) is 46.6 Å². The summed E-state index contributed by atoms with van der Waals surface area (Å²) in [6, 6.07) is 13.8. The number of ether oxygens (including phenoxy) is 1. The third-order valence-corrected chi connectivity index (χ3v) is 4.80. The Kier molecular flexibility index (Phi) is 4.29. The van der Waals surface area contributed by atoms with Crippen molar-refractivity contribution in [2.45, 2.75) is 32.3 Å². The Morgan fingerprint density at radius 2 is 1.58 bits per heavy atom. The number of nitrogens with zero attached hydrogens (tertiary/aromatic N) is 1. The van der Waals surface area contributed by atoms with Crippen LogP contribution < -0.4 is 9.64 Å². The lowest BCUT2D eigenvalue weighted by Crippen LogP contribution is -2.32. The van der Waals surface area contributed by atoms with Crippen molar-refractivity contribution in [3.05, 3.63) is 71.1 Å². The van der Waals surface area contributed by atoms with E-state index in [0.717, 1.165) is 23.3 Å². The number of amides is 2. The number of hydrogen-bond donors (Lipinski definition) is 0. The summed E-state index contributed by atoms with van der Waals surface area (Å²) in [6.45, 7) is 0.317. The van der Waals surface area contributed by atoms with Crippen molar-refractivity contribution < 1.29 is 18.7 Å². The van der Waals surface area contributed by atoms with Crippen LogP contribution in [-0.4, -0.2) is 11.8 Å². The molecule has 2 amide bonds. The molecule has 0 radical (unpaired) electrons. The van der Waals surface area contributed by atoms with Crippen LogP contribution in [0.15, 0.2) is 59.7 Å². The zero-order valence-corrected chi connectivity index (χ0v) is 14.2. The average molecular weight is 351 g/mol. The zero-order valence-electron chi connectivity index (χ0n) is 14.2. The predicted molar refractivity (Wildman–Crippen MR) is 95.2 cm³/mol. The highest BCUT2D eigenvalue weighted by molar-refractivity contribution is 6.33. The van der Waals surface area contributed by atoms with E-state index in [4.69, 9.17) is 4.74 Å². The van der Waals surface area contributed by atoms with Crippen LogP contribution in [0, 0.1) is 5.82 Å². The number of hydrogen-bond acceptors (Lipinski definition) is 3. The fraction of sp³-hybridized carbons (Fsp3) is 0.238. The molecule has 1 heterocycles. The van der Waals surface area contributed by atoms with Gasteiger partial charge in [-0.05, 0) is 43.4 Å². The van der Waals surface area contributed by atoms with Gasteiger partial charge in [-0.25, -0.2) is 9.29 Å². The molecule has 0 unspecified atom stereocenters. The van der Waals surface area contributed by atoms with Gasteiger partial charge in [0.15, 0.2) is 5.82 Å². The molecule has 0 saturated heterocycles. The van der Waals surface area contributed by atoms with Gasteiger partial charge < -0.3 is 4.74 Å². The van der Waals surface area contributed by atoms with E-state index in [9.17, 15) is 14.0 Å². The summed E-state index contributed by atoms with van der Waals surface area (Å²) in [6.07, 6.45) is 2.97. The van der Waals surface area contributed by atoms with Crippen molar-refractivity contribution in [2.24, 2.45) is 0 Å². The molecule has 2 aliphatic rings. The van der Waals surface area contributed by atoms with Gasteiger partial charge in [-0.3, -0.25) is 9.59 Å². The van der Waals surface area contributed by atoms with E-state index in [-0.39, 0.29) is 17.5 Å². The van der Waals surface area contributed by atoms with Crippen molar-refractivity contribution in [1.82, 2.24) is 0 Å². The minimum absolute atomic E-state index is 0.0125. The lowest BCUT2D eigenvalue weighted by Gasteiger charge is -2.17. The molecule has 0 fully saturated rings. The first-order chi connectivity index (χ1) is 12.6. The second-order valence-electron chi connectivity index (χ2n) is 6.50. The van der Waals surface area contributed by atoms with E-state index in [1.54, 1.807) is 6.07 Å². The molecule has 132 valence electrons. The van der Waals surface area contributed by atoms with E-state index in [1.807, 2.05) is 30.3 Å². The molecule has 0 spiro atoms. The molecule has 0 N–H and O–H groups in total. The van der Waals surface area contributed by atoms with Crippen molar-refractivity contribution >= 4 is 17.5 Å². The molecule has 2 aromatic carbocycles. The summed E-state index contributed by atoms with van der Waals surface area (Å²) in [4.78, 5) is 26.1. The third kappa shape index (κ3) is 2.90. The molecule has 1 aliphatic carbocycles. The van der Waals surface area contributed by atoms with Gasteiger partial charge in [0.2, 0.25) is 0 Å². The van der Waals surface area contributed by atoms with Crippen LogP contribution in [0.5, 0.6) is 5.75 Å². The Morgan fingerprint density at radius 3 is 2.19 bits per heavy atom. The van der Waals surface area contributed by atoms with E-state index in [1.165, 1.54) is 12.1 Å². The van der Waals surface area contributed by atoms with Crippen LogP contribution in [0.1, 0.15) is 31.2 Å². The first-order valence-corrected chi connectivity index (χ1v) is 8.72. The SMILES string of the molecule is O=C1C2=C(CCCC2)C(=O)N1c1ccc(OCc2ccccc2)cc1F. The lowest BCUT2D eigenvalue weighted by atomic mass is 9.93. The minimum Gasteiger partial charge on any atom is -0.489 e. The van der Waals surface area contributed by atoms with Crippen molar-refractivity contribution in [2.75, 3.05) is 4.90 Å². The number of benzene rings is 2. The van der Waals surface area contributed by atoms with Gasteiger partial charge in [-0.1, -0.05) is 30.3 Å². The molecular formula is C21H18FNO3. The van der Waals surface area contributed by atoms with Gasteiger partial charge >= 0.3 is 0 Å². The van der Waals surface area contributed by atoms with Crippen LogP contribution in [0.25, 0.3) is 0 Å². The summed E-state index contributed by atoms with van der Waals surface area (Å²) >= 11 is 0. The molecule has 4 rings (SSSR count). The van der Waals surface area contributed by atoms with Crippen molar-refractivity contribution in [3.8, 4) is 5.75 Å². The van der Waals surface area contributed by atoms with E-state index in [0.29, 0.717) is 36.3 Å². The van der Waals surface area contributed by atoms with Gasteiger partial charge in [-0.2, -0.15) is 0 Å². The minimum atomic E-state index is -0.642. The van der Waals surface area contributed by atoms with E-state index in [2.05, 4.69) is 0 Å². The summed E-state index contributed by atoms with van der Waals surface area (Å²) in [5.74, 6) is -1.06. The Hall–Kier alpha value is -2.95. The van der Waals surface area contributed by atoms with E-state index >= 15 is 0 Å². The first kappa shape index (κ1) is 16.5. The maximum absolute atomic E-state index is 14.6. The maximum Gasteiger partial charge on any atom is 0.261 e. The molecular weight excluding hydrogens is 333 g/mol. The predicted octanol–water partition coefficient (Wildman–Crippen LogP) is 4.15. The molecule has 26 heavy (non-hydrogen) atoms. The summed E-state index contributed by atoms with van der Waals surface area (Å²) < 4.78 is 20.2. The largest absolute Gasteiger partial charge is 0.489 e. The quantitative estimate of drug-likeness (QED) is 0.778. The Balaban J connectivity index is 1.53. The summed E-state index contributed by atoms with van der Waals surface area (Å²) in [5.41, 5.74) is 2.05. The van der Waals surface area contributed by atoms with Crippen LogP contribution in [0.3, 0.4) is 0 Å². The van der Waals surface area contributed by atoms with Gasteiger partial charge in [0.05, 0.1) is 5.69 Å². The molecule has 0 atom stereocenters. The number of halogens is 1. The molecule has 0 bridgehead atoms. The normalized spacial score (nSPS) is 16.9. The van der Waals surface area contributed by atoms with Gasteiger partial charge in [0.25, 0.3) is 11.8 Å². The lowest BCUT2D eigenvalue weighted by molar-refractivity contribution is -0.120. The van der Waals surface area contributed by atoms with Crippen LogP contribution in [0.4, 0.5) is 10.1 Å². The molecule has 0 aromatic heterocycles. The number of rotatable bonds is 4. The molecule has 1 aliphatic heterocycles. The Morgan fingerprint density at radius 1 is 0.923 bits per heavy atom. The zero-order chi connectivity index (χ0) is 18.1. The van der Waals surface area contributed by atoms with Gasteiger partial charge in [-0.15, -0.1) is 0 Å². The fourth-order valence-corrected chi connectivity index (χ4v) is 3.46. The third-order valence-electron chi connectivity index (χ3n) is 4.80. The standard InChI is InChI=1S/C21H18FNO3/c22-18-12-15(26-13-14-6-2-1-3-7-14)10-11-19(18)23-20(24)16-8-4-5-9-17(16)21(23)25/h1-3,6-7,10-12H,4-5,8-9,13H2. The van der Waals surface area contributed by atoms with Crippen molar-refractivity contribution in [1.29, 1.82) is 0 Å². The highest BCUT2D eigenvalue weighted by Gasteiger charge is 2.40. The number of imide groups is 1. The highest BCUT2D eigenvalue weighted by atomic mass is 19.1. The molecule has 5 heteroatoms. The molecule has 0 saturated carbocycles.